The first-order chi connectivity index (χ1) is 15.3. The van der Waals surface area contributed by atoms with E-state index in [0.717, 1.165) is 37.3 Å². The summed E-state index contributed by atoms with van der Waals surface area (Å²) in [5.74, 6) is -3.01. The van der Waals surface area contributed by atoms with Crippen LogP contribution < -0.4 is 15.1 Å². The van der Waals surface area contributed by atoms with E-state index in [1.54, 1.807) is 12.1 Å². The van der Waals surface area contributed by atoms with Crippen molar-refractivity contribution in [1.82, 2.24) is 5.32 Å². The molecular weight excluding hydrogens is 433 g/mol. The molecule has 2 amide bonds. The molecule has 2 fully saturated rings. The normalized spacial score (nSPS) is 18.2. The molecule has 0 bridgehead atoms. The topological polar surface area (TPSA) is 90.0 Å². The summed E-state index contributed by atoms with van der Waals surface area (Å²) in [6, 6.07) is 10.3. The van der Waals surface area contributed by atoms with Crippen LogP contribution in [0, 0.1) is 5.82 Å². The number of nitrogens with zero attached hydrogens (tertiary/aromatic N) is 2. The predicted octanol–water partition coefficient (Wildman–Crippen LogP) is 3.35. The van der Waals surface area contributed by atoms with E-state index in [1.807, 2.05) is 4.90 Å². The Morgan fingerprint density at radius 3 is 2.53 bits per heavy atom. The molecule has 0 saturated carbocycles. The van der Waals surface area contributed by atoms with Crippen molar-refractivity contribution in [2.45, 2.75) is 19.3 Å². The van der Waals surface area contributed by atoms with Gasteiger partial charge in [-0.05, 0) is 73.5 Å². The van der Waals surface area contributed by atoms with Crippen molar-refractivity contribution in [3.05, 3.63) is 65.0 Å². The molecule has 7 nitrogen and oxygen atoms in total. The molecule has 0 aliphatic carbocycles. The van der Waals surface area contributed by atoms with Gasteiger partial charge in [0.1, 0.15) is 11.4 Å². The molecule has 0 unspecified atom stereocenters. The fourth-order valence-corrected chi connectivity index (χ4v) is 4.12. The van der Waals surface area contributed by atoms with Gasteiger partial charge in [-0.25, -0.2) is 9.18 Å². The minimum atomic E-state index is -1.16. The van der Waals surface area contributed by atoms with Gasteiger partial charge in [-0.3, -0.25) is 19.8 Å². The predicted molar refractivity (Wildman–Crippen MR) is 122 cm³/mol. The maximum absolute atomic E-state index is 14.8. The fourth-order valence-electron chi connectivity index (χ4n) is 3.84. The number of rotatable bonds is 4. The summed E-state index contributed by atoms with van der Waals surface area (Å²) in [5, 5.41) is 11.5. The van der Waals surface area contributed by atoms with E-state index in [2.05, 4.69) is 5.32 Å². The summed E-state index contributed by atoms with van der Waals surface area (Å²) in [7, 11) is 0. The van der Waals surface area contributed by atoms with Gasteiger partial charge in [0.25, 0.3) is 11.8 Å². The molecule has 0 spiro atoms. The van der Waals surface area contributed by atoms with Crippen molar-refractivity contribution >= 4 is 52.6 Å². The Labute approximate surface area is 189 Å². The average Bonchev–Trinajstić information content (AvgIpc) is 2.77. The molecule has 2 aromatic rings. The van der Waals surface area contributed by atoms with Crippen LogP contribution in [0.25, 0.3) is 6.08 Å². The fraction of sp³-hybridized carbons (Fsp3) is 0.217. The number of hydrogen-bond donors (Lipinski definition) is 2. The third kappa shape index (κ3) is 4.24. The highest BCUT2D eigenvalue weighted by Gasteiger charge is 2.34. The van der Waals surface area contributed by atoms with Gasteiger partial charge in [-0.15, -0.1) is 0 Å². The SMILES string of the molecule is O=C1NC(=S)N(c2cccc(C(=O)O)c2)C(=O)C1=Cc1ccc(N2CCCCC2)c(F)c1. The molecule has 164 valence electrons. The lowest BCUT2D eigenvalue weighted by molar-refractivity contribution is -0.122. The summed E-state index contributed by atoms with van der Waals surface area (Å²) < 4.78 is 14.8. The van der Waals surface area contributed by atoms with Crippen molar-refractivity contribution in [3.8, 4) is 0 Å². The number of carbonyl (C=O) groups is 3. The van der Waals surface area contributed by atoms with E-state index in [1.165, 1.54) is 36.4 Å². The van der Waals surface area contributed by atoms with Crippen LogP contribution in [0.4, 0.5) is 15.8 Å². The van der Waals surface area contributed by atoms with Crippen LogP contribution in [0.1, 0.15) is 35.2 Å². The summed E-state index contributed by atoms with van der Waals surface area (Å²) in [5.41, 5.74) is 0.797. The number of nitrogens with one attached hydrogen (secondary N) is 1. The number of carboxylic acids is 1. The van der Waals surface area contributed by atoms with Crippen LogP contribution in [-0.4, -0.2) is 41.1 Å². The first kappa shape index (κ1) is 21.6. The lowest BCUT2D eigenvalue weighted by atomic mass is 10.0. The number of piperidine rings is 1. The number of carbonyl (C=O) groups excluding carboxylic acids is 2. The Balaban J connectivity index is 1.65. The molecular formula is C23H20FN3O4S. The highest BCUT2D eigenvalue weighted by atomic mass is 32.1. The van der Waals surface area contributed by atoms with E-state index in [4.69, 9.17) is 12.2 Å². The first-order valence-corrected chi connectivity index (χ1v) is 10.6. The molecule has 0 atom stereocenters. The number of benzene rings is 2. The standard InChI is InChI=1S/C23H20FN3O4S/c24-18-12-14(7-8-19(18)26-9-2-1-3-10-26)11-17-20(28)25-23(32)27(21(17)29)16-6-4-5-15(13-16)22(30)31/h4-8,11-13H,1-3,9-10H2,(H,30,31)(H,25,28,32). The van der Waals surface area contributed by atoms with E-state index >= 15 is 0 Å². The smallest absolute Gasteiger partial charge is 0.335 e. The number of carboxylic acid groups (broad SMARTS) is 1. The second kappa shape index (κ2) is 8.88. The monoisotopic (exact) mass is 453 g/mol. The lowest BCUT2D eigenvalue weighted by Crippen LogP contribution is -2.54. The van der Waals surface area contributed by atoms with Crippen LogP contribution in [0.15, 0.2) is 48.0 Å². The van der Waals surface area contributed by atoms with E-state index in [-0.39, 0.29) is 21.9 Å². The molecule has 2 aliphatic heterocycles. The summed E-state index contributed by atoms with van der Waals surface area (Å²) in [6.45, 7) is 1.58. The third-order valence-corrected chi connectivity index (χ3v) is 5.72. The summed E-state index contributed by atoms with van der Waals surface area (Å²) >= 11 is 5.13. The largest absolute Gasteiger partial charge is 0.478 e. The third-order valence-electron chi connectivity index (χ3n) is 5.43. The second-order valence-corrected chi connectivity index (χ2v) is 7.96. The zero-order valence-corrected chi connectivity index (χ0v) is 17.8. The average molecular weight is 453 g/mol. The number of amides is 2. The Morgan fingerprint density at radius 1 is 1.09 bits per heavy atom. The minimum absolute atomic E-state index is 0.0316. The Bertz CT molecular complexity index is 1160. The number of anilines is 2. The Hall–Kier alpha value is -3.59. The van der Waals surface area contributed by atoms with E-state index in [0.29, 0.717) is 11.3 Å². The maximum Gasteiger partial charge on any atom is 0.335 e. The van der Waals surface area contributed by atoms with Gasteiger partial charge in [0.15, 0.2) is 5.11 Å². The maximum atomic E-state index is 14.8. The van der Waals surface area contributed by atoms with Gasteiger partial charge >= 0.3 is 5.97 Å². The van der Waals surface area contributed by atoms with Crippen LogP contribution in [-0.2, 0) is 9.59 Å². The Morgan fingerprint density at radius 2 is 1.84 bits per heavy atom. The van der Waals surface area contributed by atoms with Gasteiger partial charge in [0.2, 0.25) is 0 Å². The molecule has 2 aromatic carbocycles. The van der Waals surface area contributed by atoms with Crippen molar-refractivity contribution < 1.29 is 23.9 Å². The van der Waals surface area contributed by atoms with Crippen LogP contribution >= 0.6 is 12.2 Å². The Kier molecular flexibility index (Phi) is 6.00. The quantitative estimate of drug-likeness (QED) is 0.419. The number of halogens is 1. The molecule has 9 heteroatoms. The number of aromatic carboxylic acids is 1. The van der Waals surface area contributed by atoms with Gasteiger partial charge in [0, 0.05) is 13.1 Å². The molecule has 2 heterocycles. The number of thiocarbonyl (C=S) groups is 1. The molecule has 2 aliphatic rings. The van der Waals surface area contributed by atoms with Gasteiger partial charge in [-0.2, -0.15) is 0 Å². The van der Waals surface area contributed by atoms with Crippen LogP contribution in [0.2, 0.25) is 0 Å². The lowest BCUT2D eigenvalue weighted by Gasteiger charge is -2.29. The summed E-state index contributed by atoms with van der Waals surface area (Å²) in [4.78, 5) is 39.9. The van der Waals surface area contributed by atoms with E-state index in [9.17, 15) is 23.9 Å². The van der Waals surface area contributed by atoms with Gasteiger partial charge in [0.05, 0.1) is 16.9 Å². The highest BCUT2D eigenvalue weighted by molar-refractivity contribution is 7.80. The van der Waals surface area contributed by atoms with Crippen molar-refractivity contribution in [3.63, 3.8) is 0 Å². The van der Waals surface area contributed by atoms with Crippen LogP contribution in [0.3, 0.4) is 0 Å². The molecule has 2 N–H and O–H groups in total. The second-order valence-electron chi connectivity index (χ2n) is 7.57. The van der Waals surface area contributed by atoms with Crippen LogP contribution in [0.5, 0.6) is 0 Å². The molecule has 0 radical (unpaired) electrons. The first-order valence-electron chi connectivity index (χ1n) is 10.1. The zero-order valence-electron chi connectivity index (χ0n) is 17.0. The molecule has 32 heavy (non-hydrogen) atoms. The van der Waals surface area contributed by atoms with E-state index < -0.39 is 23.6 Å². The minimum Gasteiger partial charge on any atom is -0.478 e. The zero-order chi connectivity index (χ0) is 22.8. The highest BCUT2D eigenvalue weighted by Crippen LogP contribution is 2.27. The molecule has 2 saturated heterocycles. The molecule has 0 aromatic heterocycles. The van der Waals surface area contributed by atoms with Gasteiger partial charge in [-0.1, -0.05) is 12.1 Å². The van der Waals surface area contributed by atoms with Gasteiger partial charge < -0.3 is 10.0 Å². The molecule has 4 rings (SSSR count). The van der Waals surface area contributed by atoms with Crippen molar-refractivity contribution in [1.29, 1.82) is 0 Å². The van der Waals surface area contributed by atoms with Crippen molar-refractivity contribution in [2.75, 3.05) is 22.9 Å². The summed E-state index contributed by atoms with van der Waals surface area (Å²) in [6.07, 6.45) is 4.46. The van der Waals surface area contributed by atoms with Crippen molar-refractivity contribution in [2.24, 2.45) is 0 Å². The number of hydrogen-bond acceptors (Lipinski definition) is 5.